The van der Waals surface area contributed by atoms with Gasteiger partial charge in [-0.1, -0.05) is 99.8 Å². The number of rotatable bonds is 25. The first kappa shape index (κ1) is 124. The number of Topliss-reactive ketones (excluding diaryl/α,β-unsaturated/α-hetero) is 4. The molecule has 8 amide bonds. The second kappa shape index (κ2) is 54.6. The number of imide groups is 4. The van der Waals surface area contributed by atoms with E-state index in [4.69, 9.17) is 8.23 Å². The van der Waals surface area contributed by atoms with E-state index in [1.54, 1.807) is 78.9 Å². The molecule has 4 heterocycles. The van der Waals surface area contributed by atoms with E-state index >= 15 is 0 Å². The second-order valence-electron chi connectivity index (χ2n) is 30.5. The molecule has 0 aromatic heterocycles. The molecule has 128 heavy (non-hydrogen) atoms. The van der Waals surface area contributed by atoms with Gasteiger partial charge in [0.2, 0.25) is 0 Å². The number of hydrogen-bond donors (Lipinski definition) is 4. The Balaban J connectivity index is 0. The summed E-state index contributed by atoms with van der Waals surface area (Å²) >= 11 is 0. The number of nitrogens with zero attached hydrogens (tertiary/aromatic N) is 4. The fraction of sp³-hybridized carbons (Fsp3) is 0.237. The first-order chi connectivity index (χ1) is 55.1. The monoisotopic (exact) mass is 2230 g/mol. The van der Waals surface area contributed by atoms with E-state index in [1.165, 1.54) is 72.2 Å². The minimum atomic E-state index is -2.29. The second-order valence-corrected chi connectivity index (χ2v) is 42.9. The predicted octanol–water partition coefficient (Wildman–Crippen LogP) is 20.3. The van der Waals surface area contributed by atoms with Gasteiger partial charge in [0, 0.05) is 263 Å². The van der Waals surface area contributed by atoms with E-state index in [0.29, 0.717) is 80.1 Å². The van der Waals surface area contributed by atoms with Crippen molar-refractivity contribution in [2.45, 2.75) is 113 Å². The molecule has 0 aliphatic carbocycles. The van der Waals surface area contributed by atoms with Crippen molar-refractivity contribution in [3.63, 3.8) is 0 Å². The summed E-state index contributed by atoms with van der Waals surface area (Å²) in [6, 6.07) is 62.7. The van der Waals surface area contributed by atoms with Gasteiger partial charge in [-0.25, -0.2) is 14.7 Å². The van der Waals surface area contributed by atoms with E-state index in [1.807, 2.05) is 119 Å². The number of carbonyl (C=O) groups excluding carboxylic acids is 12. The third-order valence-corrected chi connectivity index (χ3v) is 32.0. The standard InChI is InChI=1S/C24H20N2O3.C23H40N2O5Si3.C23H18N2O3.C21H16N2O3.2CH4.4CH3.6Y/c1-15(27)18-7-12-21-22(14-18)24(29)26(23(21)28)20-10-5-17(6-11-20)13-16-3-8-19(25-2)9-4-16;1-18(26)19-11-12-20-21(17-19)23(28)25(22(20)27)14-10-16-32(5,6)30-33(7,8)29-31(3,4)15-9-13-24-2;1-14(26)17-7-12-20-21(13-17)23(28)25(22(20)27)19-10-5-16(6-11-19)15-3-8-18(24-2)9-4-15;1-12(24)13-5-8-18-19(11-13)21(26)23(20(18)25)17-7-4-14-9-16(22-2)6-3-15(14)10-17;;;;;;;;;;;;/h3-12,14,25H,13H2,1-2H3;11-12,17,24H,9-10,13-16H2,1-8H3;3-13,24H,1-2H3;3-11,22H,1-2H3;2*1H4;4*1H3;;;;;;/q;;;;;;4*-1;;;;;;. The normalized spacial score (nSPS) is 12.2. The zero-order chi connectivity index (χ0) is 83.8. The van der Waals surface area contributed by atoms with Crippen LogP contribution in [0.1, 0.15) is 191 Å². The van der Waals surface area contributed by atoms with Crippen LogP contribution in [0.25, 0.3) is 21.9 Å². The number of amides is 8. The molecule has 0 unspecified atom stereocenters. The Kier molecular flexibility index (Phi) is 53.0. The number of fused-ring (bicyclic) bond motifs is 5. The maximum atomic E-state index is 12.8. The molecule has 4 aliphatic heterocycles. The number of anilines is 6. The SMILES string of the molecule is C.C.CNCCC[Si](C)(C)O[Si](C)(C)O[Si](C)(C)CCCN1C(=O)c2ccc(C(C)=O)cc2C1=O.CNc1ccc(-c2ccc(N3C(=O)c4ccc(C(C)=O)cc4C3=O)cc2)cc1.CNc1ccc(Cc2ccc(N3C(=O)c4ccc(C(C)=O)cc4C3=O)cc2)cc1.CNc1ccc2cc(N3C(=O)c4ccc(C(C)=O)cc4C3=O)ccc2c1.[CH3-].[CH3-].[CH3-].[CH3-].[Y].[Y].[Y].[Y].[Y].[Y]. The van der Waals surface area contributed by atoms with Crippen LogP contribution in [-0.2, 0) is 211 Å². The van der Waals surface area contributed by atoms with Gasteiger partial charge in [-0.3, -0.25) is 62.4 Å². The maximum Gasteiger partial charge on any atom is 0.311 e. The molecule has 0 spiro atoms. The van der Waals surface area contributed by atoms with E-state index in [2.05, 4.69) is 72.7 Å². The molecular weight excluding hydrogens is 2120 g/mol. The van der Waals surface area contributed by atoms with Crippen LogP contribution in [0.15, 0.2) is 206 Å². The van der Waals surface area contributed by atoms with Crippen molar-refractivity contribution < 1.29 is 262 Å². The summed E-state index contributed by atoms with van der Waals surface area (Å²) in [4.78, 5) is 153. The van der Waals surface area contributed by atoms with Gasteiger partial charge in [0.25, 0.3) is 47.3 Å². The maximum absolute atomic E-state index is 12.8. The van der Waals surface area contributed by atoms with Crippen LogP contribution in [0, 0.1) is 29.7 Å². The fourth-order valence-electron chi connectivity index (χ4n) is 14.6. The Bertz CT molecular complexity index is 5630. The van der Waals surface area contributed by atoms with Crippen molar-refractivity contribution in [1.29, 1.82) is 0 Å². The van der Waals surface area contributed by atoms with E-state index in [0.717, 1.165) is 80.9 Å². The quantitative estimate of drug-likeness (QED) is 0.0136. The van der Waals surface area contributed by atoms with Crippen molar-refractivity contribution >= 4 is 140 Å². The van der Waals surface area contributed by atoms with Crippen molar-refractivity contribution in [3.8, 4) is 11.1 Å². The van der Waals surface area contributed by atoms with Gasteiger partial charge in [0.05, 0.1) is 61.6 Å². The minimum absolute atomic E-state index is 0. The zero-order valence-electron chi connectivity index (χ0n) is 75.0. The van der Waals surface area contributed by atoms with E-state index < -0.39 is 42.9 Å². The Morgan fingerprint density at radius 3 is 0.969 bits per heavy atom. The molecular formula is C97H114N8O14Si3Y6-4. The van der Waals surface area contributed by atoms with E-state index in [-0.39, 0.29) is 310 Å². The van der Waals surface area contributed by atoms with Crippen molar-refractivity contribution in [1.82, 2.24) is 10.2 Å². The fourth-order valence-corrected chi connectivity index (χ4v) is 28.6. The molecule has 14 rings (SSSR count). The minimum Gasteiger partial charge on any atom is -0.437 e. The summed E-state index contributed by atoms with van der Waals surface area (Å²) < 4.78 is 13.2. The smallest absolute Gasteiger partial charge is 0.311 e. The molecule has 10 aromatic carbocycles. The molecule has 0 saturated heterocycles. The topological polar surface area (TPSA) is 284 Å². The van der Waals surface area contributed by atoms with Crippen LogP contribution in [0.2, 0.25) is 51.4 Å². The molecule has 31 heteroatoms. The molecule has 6 radical (unpaired) electrons. The van der Waals surface area contributed by atoms with Gasteiger partial charge in [-0.15, -0.1) is 0 Å². The Hall–Kier alpha value is -5.75. The van der Waals surface area contributed by atoms with Crippen molar-refractivity contribution in [2.75, 3.05) is 71.9 Å². The third-order valence-electron chi connectivity index (χ3n) is 20.5. The molecule has 0 fully saturated rings. The summed E-state index contributed by atoms with van der Waals surface area (Å²) in [5.41, 5.74) is 13.1. The summed E-state index contributed by atoms with van der Waals surface area (Å²) in [6.45, 7) is 20.3. The van der Waals surface area contributed by atoms with Crippen LogP contribution >= 0.6 is 0 Å². The number of hydrogen-bond acceptors (Lipinski definition) is 18. The van der Waals surface area contributed by atoms with Crippen molar-refractivity contribution in [3.05, 3.63) is 314 Å². The summed E-state index contributed by atoms with van der Waals surface area (Å²) in [5, 5.41) is 14.4. The van der Waals surface area contributed by atoms with Crippen LogP contribution < -0.4 is 36.0 Å². The average Bonchev–Trinajstić information content (AvgIpc) is 1.63. The van der Waals surface area contributed by atoms with Crippen LogP contribution in [0.5, 0.6) is 0 Å². The van der Waals surface area contributed by atoms with Crippen LogP contribution in [0.3, 0.4) is 0 Å². The number of nitrogens with one attached hydrogen (secondary N) is 4. The van der Waals surface area contributed by atoms with E-state index in [9.17, 15) is 57.5 Å². The molecule has 22 nitrogen and oxygen atoms in total. The first-order valence-corrected chi connectivity index (χ1v) is 47.3. The first-order valence-electron chi connectivity index (χ1n) is 38.3. The number of benzene rings is 10. The molecule has 660 valence electrons. The largest absolute Gasteiger partial charge is 0.437 e. The van der Waals surface area contributed by atoms with Crippen LogP contribution in [0.4, 0.5) is 34.1 Å². The molecule has 10 aromatic rings. The molecule has 4 aliphatic rings. The third kappa shape index (κ3) is 29.9. The summed E-state index contributed by atoms with van der Waals surface area (Å²) in [7, 11) is 1.44. The molecule has 0 saturated carbocycles. The Morgan fingerprint density at radius 1 is 0.320 bits per heavy atom. The van der Waals surface area contributed by atoms with Crippen LogP contribution in [-0.4, -0.2) is 142 Å². The van der Waals surface area contributed by atoms with Gasteiger partial charge in [0.1, 0.15) is 0 Å². The molecule has 0 bridgehead atoms. The Morgan fingerprint density at radius 2 is 0.602 bits per heavy atom. The van der Waals surface area contributed by atoms with Gasteiger partial charge < -0.3 is 59.2 Å². The molecule has 0 atom stereocenters. The number of ketones is 4. The summed E-state index contributed by atoms with van der Waals surface area (Å²) in [6.07, 6.45) is 2.56. The van der Waals surface area contributed by atoms with Gasteiger partial charge in [0.15, 0.2) is 39.8 Å². The zero-order valence-corrected chi connectivity index (χ0v) is 95.1. The number of carbonyl (C=O) groups is 12. The molecule has 4 N–H and O–H groups in total. The van der Waals surface area contributed by atoms with Gasteiger partial charge in [-0.2, -0.15) is 0 Å². The predicted molar refractivity (Wildman–Crippen MR) is 501 cm³/mol. The summed E-state index contributed by atoms with van der Waals surface area (Å²) in [5.74, 6) is -3.46. The van der Waals surface area contributed by atoms with Gasteiger partial charge in [-0.05, 0) is 266 Å². The average molecular weight is 2230 g/mol. The van der Waals surface area contributed by atoms with Gasteiger partial charge >= 0.3 is 8.56 Å². The Labute approximate surface area is 910 Å². The van der Waals surface area contributed by atoms with Crippen molar-refractivity contribution in [2.24, 2.45) is 0 Å².